The number of ether oxygens (including phenoxy) is 1. The van der Waals surface area contributed by atoms with Crippen molar-refractivity contribution >= 4 is 29.5 Å². The molecule has 0 aliphatic carbocycles. The van der Waals surface area contributed by atoms with Crippen molar-refractivity contribution in [2.24, 2.45) is 5.73 Å². The number of hydrogen-bond acceptors (Lipinski definition) is 3. The molecule has 0 aromatic heterocycles. The molecule has 0 unspecified atom stereocenters. The number of nitrogens with one attached hydrogen (secondary N) is 1. The maximum absolute atomic E-state index is 11.7. The zero-order valence-electron chi connectivity index (χ0n) is 11.4. The first-order chi connectivity index (χ1) is 8.81. The molecule has 0 atom stereocenters. The van der Waals surface area contributed by atoms with Gasteiger partial charge in [0.25, 0.3) is 0 Å². The molecule has 0 aliphatic rings. The highest BCUT2D eigenvalue weighted by molar-refractivity contribution is 6.30. The first-order valence-corrected chi connectivity index (χ1v) is 6.36. The van der Waals surface area contributed by atoms with E-state index >= 15 is 0 Å². The molecule has 1 aromatic rings. The Hall–Kier alpha value is -1.52. The minimum atomic E-state index is -0.538. The first-order valence-electron chi connectivity index (χ1n) is 5.98. The van der Waals surface area contributed by atoms with Crippen molar-refractivity contribution in [2.75, 3.05) is 11.9 Å². The van der Waals surface area contributed by atoms with Crippen LogP contribution in [0.15, 0.2) is 24.3 Å². The molecule has 0 spiro atoms. The molecule has 1 aromatic carbocycles. The Morgan fingerprint density at radius 1 is 1.47 bits per heavy atom. The van der Waals surface area contributed by atoms with Crippen molar-refractivity contribution in [2.45, 2.75) is 26.4 Å². The molecule has 0 radical (unpaired) electrons. The van der Waals surface area contributed by atoms with E-state index in [4.69, 9.17) is 22.1 Å². The lowest BCUT2D eigenvalue weighted by Crippen LogP contribution is -2.27. The molecule has 1 rings (SSSR count). The molecule has 104 valence electrons. The van der Waals surface area contributed by atoms with Crippen LogP contribution in [0.2, 0.25) is 5.02 Å². The van der Waals surface area contributed by atoms with E-state index in [1.165, 1.54) is 0 Å². The summed E-state index contributed by atoms with van der Waals surface area (Å²) in [7, 11) is 0. The van der Waals surface area contributed by atoms with E-state index in [0.29, 0.717) is 17.3 Å². The summed E-state index contributed by atoms with van der Waals surface area (Å²) in [6.07, 6.45) is 3.09. The first kappa shape index (κ1) is 15.5. The van der Waals surface area contributed by atoms with Crippen LogP contribution >= 0.6 is 11.6 Å². The van der Waals surface area contributed by atoms with Crippen molar-refractivity contribution in [3.63, 3.8) is 0 Å². The van der Waals surface area contributed by atoms with E-state index in [1.807, 2.05) is 20.8 Å². The molecule has 3 N–H and O–H groups in total. The maximum atomic E-state index is 11.7. The highest BCUT2D eigenvalue weighted by Crippen LogP contribution is 2.22. The van der Waals surface area contributed by atoms with E-state index in [9.17, 15) is 4.79 Å². The van der Waals surface area contributed by atoms with Gasteiger partial charge in [-0.1, -0.05) is 23.8 Å². The van der Waals surface area contributed by atoms with Crippen LogP contribution in [0.3, 0.4) is 0 Å². The maximum Gasteiger partial charge on any atom is 0.412 e. The van der Waals surface area contributed by atoms with Crippen LogP contribution in [0.1, 0.15) is 26.3 Å². The molecule has 0 saturated heterocycles. The molecule has 0 aliphatic heterocycles. The second-order valence-electron chi connectivity index (χ2n) is 5.00. The molecule has 0 heterocycles. The molecule has 19 heavy (non-hydrogen) atoms. The summed E-state index contributed by atoms with van der Waals surface area (Å²) in [5.41, 5.74) is 6.29. The van der Waals surface area contributed by atoms with Crippen LogP contribution in [0.4, 0.5) is 10.5 Å². The van der Waals surface area contributed by atoms with Crippen LogP contribution in [0, 0.1) is 0 Å². The van der Waals surface area contributed by atoms with Gasteiger partial charge in [0.15, 0.2) is 0 Å². The van der Waals surface area contributed by atoms with Gasteiger partial charge in [-0.2, -0.15) is 0 Å². The molecule has 5 heteroatoms. The van der Waals surface area contributed by atoms with E-state index in [1.54, 1.807) is 30.4 Å². The molecule has 0 saturated carbocycles. The number of anilines is 1. The monoisotopic (exact) mass is 282 g/mol. The van der Waals surface area contributed by atoms with Gasteiger partial charge in [-0.05, 0) is 44.5 Å². The summed E-state index contributed by atoms with van der Waals surface area (Å²) in [6.45, 7) is 5.84. The van der Waals surface area contributed by atoms with E-state index in [-0.39, 0.29) is 0 Å². The van der Waals surface area contributed by atoms with E-state index < -0.39 is 11.7 Å². The lowest BCUT2D eigenvalue weighted by molar-refractivity contribution is 0.0636. The predicted octanol–water partition coefficient (Wildman–Crippen LogP) is 3.66. The number of nitrogens with two attached hydrogens (primary N) is 1. The second kappa shape index (κ2) is 6.59. The minimum absolute atomic E-state index is 0.415. The largest absolute Gasteiger partial charge is 0.444 e. The summed E-state index contributed by atoms with van der Waals surface area (Å²) in [4.78, 5) is 11.7. The number of halogens is 1. The fourth-order valence-electron chi connectivity index (χ4n) is 1.39. The quantitative estimate of drug-likeness (QED) is 0.889. The van der Waals surface area contributed by atoms with E-state index in [0.717, 1.165) is 5.56 Å². The van der Waals surface area contributed by atoms with Crippen LogP contribution in [0.5, 0.6) is 0 Å². The zero-order valence-corrected chi connectivity index (χ0v) is 12.1. The van der Waals surface area contributed by atoms with Crippen molar-refractivity contribution in [1.29, 1.82) is 0 Å². The molecule has 4 nitrogen and oxygen atoms in total. The van der Waals surface area contributed by atoms with Gasteiger partial charge in [-0.3, -0.25) is 5.32 Å². The Morgan fingerprint density at radius 3 is 2.74 bits per heavy atom. The summed E-state index contributed by atoms with van der Waals surface area (Å²) >= 11 is 5.93. The number of rotatable bonds is 3. The Morgan fingerprint density at radius 2 is 2.16 bits per heavy atom. The average molecular weight is 283 g/mol. The van der Waals surface area contributed by atoms with Gasteiger partial charge in [0.05, 0.1) is 5.69 Å². The summed E-state index contributed by atoms with van der Waals surface area (Å²) < 4.78 is 5.20. The van der Waals surface area contributed by atoms with Gasteiger partial charge in [0, 0.05) is 11.6 Å². The fourth-order valence-corrected chi connectivity index (χ4v) is 1.57. The second-order valence-corrected chi connectivity index (χ2v) is 5.43. The van der Waals surface area contributed by atoms with Crippen LogP contribution in [-0.2, 0) is 4.74 Å². The van der Waals surface area contributed by atoms with Gasteiger partial charge in [-0.15, -0.1) is 0 Å². The normalized spacial score (nSPS) is 11.6. The minimum Gasteiger partial charge on any atom is -0.444 e. The topological polar surface area (TPSA) is 64.3 Å². The molecule has 0 fully saturated rings. The van der Waals surface area contributed by atoms with Crippen molar-refractivity contribution < 1.29 is 9.53 Å². The van der Waals surface area contributed by atoms with Crippen LogP contribution in [0.25, 0.3) is 6.08 Å². The molecule has 0 bridgehead atoms. The van der Waals surface area contributed by atoms with Crippen molar-refractivity contribution in [1.82, 2.24) is 0 Å². The fraction of sp³-hybridized carbons (Fsp3) is 0.357. The van der Waals surface area contributed by atoms with Gasteiger partial charge < -0.3 is 10.5 Å². The summed E-state index contributed by atoms with van der Waals surface area (Å²) in [6, 6.07) is 5.18. The van der Waals surface area contributed by atoms with Crippen molar-refractivity contribution in [3.05, 3.63) is 34.9 Å². The third-order valence-corrected chi connectivity index (χ3v) is 2.32. The SMILES string of the molecule is CC(C)(C)OC(=O)Nc1ccc(Cl)cc1/C=C/CN. The summed E-state index contributed by atoms with van der Waals surface area (Å²) in [5.74, 6) is 0. The van der Waals surface area contributed by atoms with E-state index in [2.05, 4.69) is 5.32 Å². The molecular formula is C14H19ClN2O2. The highest BCUT2D eigenvalue weighted by Gasteiger charge is 2.16. The number of amides is 1. The Kier molecular flexibility index (Phi) is 5.39. The van der Waals surface area contributed by atoms with Crippen LogP contribution < -0.4 is 11.1 Å². The Balaban J connectivity index is 2.88. The number of benzene rings is 1. The summed E-state index contributed by atoms with van der Waals surface area (Å²) in [5, 5.41) is 3.28. The van der Waals surface area contributed by atoms with Crippen LogP contribution in [-0.4, -0.2) is 18.2 Å². The molecular weight excluding hydrogens is 264 g/mol. The zero-order chi connectivity index (χ0) is 14.5. The smallest absolute Gasteiger partial charge is 0.412 e. The predicted molar refractivity (Wildman–Crippen MR) is 79.4 cm³/mol. The third kappa shape index (κ3) is 5.77. The third-order valence-electron chi connectivity index (χ3n) is 2.08. The molecule has 1 amide bonds. The number of hydrogen-bond donors (Lipinski definition) is 2. The Labute approximate surface area is 118 Å². The number of carbonyl (C=O) groups excluding carboxylic acids is 1. The van der Waals surface area contributed by atoms with Gasteiger partial charge in [0.1, 0.15) is 5.60 Å². The lowest BCUT2D eigenvalue weighted by atomic mass is 10.1. The number of carbonyl (C=O) groups is 1. The van der Waals surface area contributed by atoms with Crippen molar-refractivity contribution in [3.8, 4) is 0 Å². The standard InChI is InChI=1S/C14H19ClN2O2/c1-14(2,3)19-13(18)17-12-7-6-11(15)9-10(12)5-4-8-16/h4-7,9H,8,16H2,1-3H3,(H,17,18)/b5-4+. The van der Waals surface area contributed by atoms with Gasteiger partial charge in [-0.25, -0.2) is 4.79 Å². The lowest BCUT2D eigenvalue weighted by Gasteiger charge is -2.20. The van der Waals surface area contributed by atoms with Gasteiger partial charge in [0.2, 0.25) is 0 Å². The Bertz CT molecular complexity index is 479. The average Bonchev–Trinajstić information content (AvgIpc) is 2.27. The highest BCUT2D eigenvalue weighted by atomic mass is 35.5. The van der Waals surface area contributed by atoms with Gasteiger partial charge >= 0.3 is 6.09 Å².